The molecule has 1 atom stereocenters. The van der Waals surface area contributed by atoms with E-state index in [1.54, 1.807) is 7.05 Å². The Kier molecular flexibility index (Phi) is 6.70. The van der Waals surface area contributed by atoms with E-state index in [4.69, 9.17) is 5.11 Å². The highest BCUT2D eigenvalue weighted by atomic mass is 16.4. The third-order valence-electron chi connectivity index (χ3n) is 2.30. The van der Waals surface area contributed by atoms with Gasteiger partial charge in [-0.1, -0.05) is 6.92 Å². The topological polar surface area (TPSA) is 69.6 Å². The molecule has 0 fully saturated rings. The molecule has 0 saturated heterocycles. The van der Waals surface area contributed by atoms with E-state index in [2.05, 4.69) is 5.32 Å². The number of aliphatic carboxylic acids is 1. The predicted octanol–water partition coefficient (Wildman–Crippen LogP) is 0.308. The fourth-order valence-corrected chi connectivity index (χ4v) is 0.929. The lowest BCUT2D eigenvalue weighted by molar-refractivity contribution is -0.138. The fraction of sp³-hybridized carbons (Fsp3) is 0.800. The van der Waals surface area contributed by atoms with Crippen molar-refractivity contribution in [2.75, 3.05) is 20.1 Å². The quantitative estimate of drug-likeness (QED) is 0.642. The smallest absolute Gasteiger partial charge is 0.305 e. The zero-order chi connectivity index (χ0) is 11.8. The molecule has 0 aliphatic carbocycles. The van der Waals surface area contributed by atoms with E-state index >= 15 is 0 Å². The summed E-state index contributed by atoms with van der Waals surface area (Å²) in [6, 6.07) is 0.307. The van der Waals surface area contributed by atoms with Crippen LogP contribution < -0.4 is 5.32 Å². The van der Waals surface area contributed by atoms with Crippen molar-refractivity contribution in [2.24, 2.45) is 0 Å². The van der Waals surface area contributed by atoms with Gasteiger partial charge in [0, 0.05) is 19.6 Å². The van der Waals surface area contributed by atoms with Crippen molar-refractivity contribution >= 4 is 11.9 Å². The summed E-state index contributed by atoms with van der Waals surface area (Å²) in [7, 11) is 1.61. The molecule has 2 N–H and O–H groups in total. The van der Waals surface area contributed by atoms with Crippen LogP contribution in [-0.4, -0.2) is 48.1 Å². The molecule has 0 aromatic heterocycles. The van der Waals surface area contributed by atoms with E-state index in [0.717, 1.165) is 6.42 Å². The number of carbonyl (C=O) groups excluding carboxylic acids is 1. The standard InChI is InChI=1S/C10H20N2O3/c1-4-8(2)11-7-9(13)12(3)6-5-10(14)15/h8,11H,4-7H2,1-3H3,(H,14,15). The highest BCUT2D eigenvalue weighted by Gasteiger charge is 2.10. The van der Waals surface area contributed by atoms with Gasteiger partial charge in [0.1, 0.15) is 0 Å². The van der Waals surface area contributed by atoms with E-state index in [0.29, 0.717) is 6.04 Å². The summed E-state index contributed by atoms with van der Waals surface area (Å²) in [4.78, 5) is 23.2. The minimum absolute atomic E-state index is 0.00836. The first kappa shape index (κ1) is 13.9. The van der Waals surface area contributed by atoms with E-state index < -0.39 is 5.97 Å². The van der Waals surface area contributed by atoms with Crippen LogP contribution in [0.2, 0.25) is 0 Å². The molecule has 0 saturated carbocycles. The van der Waals surface area contributed by atoms with Crippen LogP contribution in [0.3, 0.4) is 0 Å². The lowest BCUT2D eigenvalue weighted by Crippen LogP contribution is -2.39. The summed E-state index contributed by atoms with van der Waals surface area (Å²) in [5, 5.41) is 11.5. The number of nitrogens with one attached hydrogen (secondary N) is 1. The number of likely N-dealkylation sites (N-methyl/N-ethyl adjacent to an activating group) is 1. The van der Waals surface area contributed by atoms with Crippen LogP contribution in [0.4, 0.5) is 0 Å². The highest BCUT2D eigenvalue weighted by molar-refractivity contribution is 5.78. The molecule has 0 heterocycles. The maximum absolute atomic E-state index is 11.4. The van der Waals surface area contributed by atoms with Crippen molar-refractivity contribution in [2.45, 2.75) is 32.7 Å². The minimum atomic E-state index is -0.885. The van der Waals surface area contributed by atoms with Crippen LogP contribution >= 0.6 is 0 Å². The third-order valence-corrected chi connectivity index (χ3v) is 2.30. The molecule has 5 nitrogen and oxygen atoms in total. The van der Waals surface area contributed by atoms with Crippen LogP contribution in [0.5, 0.6) is 0 Å². The number of hydrogen-bond donors (Lipinski definition) is 2. The van der Waals surface area contributed by atoms with Crippen LogP contribution in [0.15, 0.2) is 0 Å². The van der Waals surface area contributed by atoms with Gasteiger partial charge in [-0.2, -0.15) is 0 Å². The van der Waals surface area contributed by atoms with Gasteiger partial charge in [-0.25, -0.2) is 0 Å². The van der Waals surface area contributed by atoms with E-state index in [9.17, 15) is 9.59 Å². The molecule has 0 aliphatic rings. The first-order chi connectivity index (χ1) is 6.97. The van der Waals surface area contributed by atoms with Gasteiger partial charge in [-0.3, -0.25) is 9.59 Å². The Balaban J connectivity index is 3.74. The van der Waals surface area contributed by atoms with Gasteiger partial charge in [0.15, 0.2) is 0 Å². The zero-order valence-corrected chi connectivity index (χ0v) is 9.62. The Morgan fingerprint density at radius 3 is 2.53 bits per heavy atom. The average molecular weight is 216 g/mol. The molecule has 0 aromatic rings. The third kappa shape index (κ3) is 6.90. The molecule has 0 spiro atoms. The number of carboxylic acid groups (broad SMARTS) is 1. The molecule has 88 valence electrons. The molecule has 0 bridgehead atoms. The first-order valence-corrected chi connectivity index (χ1v) is 5.16. The van der Waals surface area contributed by atoms with Gasteiger partial charge in [0.05, 0.1) is 13.0 Å². The number of nitrogens with zero attached hydrogens (tertiary/aromatic N) is 1. The second-order valence-electron chi connectivity index (χ2n) is 3.65. The summed E-state index contributed by atoms with van der Waals surface area (Å²) in [6.07, 6.45) is 0.956. The number of carbonyl (C=O) groups is 2. The SMILES string of the molecule is CCC(C)NCC(=O)N(C)CCC(=O)O. The molecular weight excluding hydrogens is 196 g/mol. The van der Waals surface area contributed by atoms with Crippen molar-refractivity contribution in [3.63, 3.8) is 0 Å². The maximum Gasteiger partial charge on any atom is 0.305 e. The Morgan fingerprint density at radius 2 is 2.07 bits per heavy atom. The van der Waals surface area contributed by atoms with E-state index in [1.165, 1.54) is 4.90 Å². The molecule has 15 heavy (non-hydrogen) atoms. The van der Waals surface area contributed by atoms with Gasteiger partial charge in [0.2, 0.25) is 5.91 Å². The summed E-state index contributed by atoms with van der Waals surface area (Å²) in [5.41, 5.74) is 0. The van der Waals surface area contributed by atoms with E-state index in [-0.39, 0.29) is 25.4 Å². The number of rotatable bonds is 7. The Hall–Kier alpha value is -1.10. The van der Waals surface area contributed by atoms with Crippen LogP contribution in [0, 0.1) is 0 Å². The summed E-state index contributed by atoms with van der Waals surface area (Å²) >= 11 is 0. The molecule has 1 amide bonds. The number of carboxylic acids is 1. The van der Waals surface area contributed by atoms with Crippen molar-refractivity contribution in [3.8, 4) is 0 Å². The molecule has 0 radical (unpaired) electrons. The second kappa shape index (κ2) is 7.23. The van der Waals surface area contributed by atoms with Crippen molar-refractivity contribution in [1.29, 1.82) is 0 Å². The zero-order valence-electron chi connectivity index (χ0n) is 9.62. The van der Waals surface area contributed by atoms with Gasteiger partial charge in [-0.15, -0.1) is 0 Å². The molecule has 1 unspecified atom stereocenters. The normalized spacial score (nSPS) is 12.2. The average Bonchev–Trinajstić information content (AvgIpc) is 2.21. The summed E-state index contributed by atoms with van der Waals surface area (Å²) in [5.74, 6) is -0.957. The highest BCUT2D eigenvalue weighted by Crippen LogP contribution is 1.91. The predicted molar refractivity (Wildman–Crippen MR) is 57.6 cm³/mol. The molecule has 0 rings (SSSR count). The molecule has 5 heteroatoms. The van der Waals surface area contributed by atoms with Gasteiger partial charge < -0.3 is 15.3 Å². The molecular formula is C10H20N2O3. The lowest BCUT2D eigenvalue weighted by Gasteiger charge is -2.18. The van der Waals surface area contributed by atoms with Gasteiger partial charge >= 0.3 is 5.97 Å². The minimum Gasteiger partial charge on any atom is -0.481 e. The van der Waals surface area contributed by atoms with Crippen LogP contribution in [0.25, 0.3) is 0 Å². The second-order valence-corrected chi connectivity index (χ2v) is 3.65. The number of amides is 1. The Morgan fingerprint density at radius 1 is 1.47 bits per heavy atom. The van der Waals surface area contributed by atoms with E-state index in [1.807, 2.05) is 13.8 Å². The largest absolute Gasteiger partial charge is 0.481 e. The van der Waals surface area contributed by atoms with Crippen molar-refractivity contribution in [3.05, 3.63) is 0 Å². The summed E-state index contributed by atoms with van der Waals surface area (Å²) in [6.45, 7) is 4.57. The molecule has 0 aliphatic heterocycles. The number of hydrogen-bond acceptors (Lipinski definition) is 3. The summed E-state index contributed by atoms with van der Waals surface area (Å²) < 4.78 is 0. The van der Waals surface area contributed by atoms with Crippen LogP contribution in [-0.2, 0) is 9.59 Å². The van der Waals surface area contributed by atoms with Crippen molar-refractivity contribution in [1.82, 2.24) is 10.2 Å². The monoisotopic (exact) mass is 216 g/mol. The van der Waals surface area contributed by atoms with Crippen LogP contribution in [0.1, 0.15) is 26.7 Å². The Bertz CT molecular complexity index is 219. The Labute approximate surface area is 90.5 Å². The molecule has 0 aromatic carbocycles. The van der Waals surface area contributed by atoms with Gasteiger partial charge in [-0.05, 0) is 13.3 Å². The van der Waals surface area contributed by atoms with Gasteiger partial charge in [0.25, 0.3) is 0 Å². The fourth-order valence-electron chi connectivity index (χ4n) is 0.929. The lowest BCUT2D eigenvalue weighted by atomic mass is 10.2. The van der Waals surface area contributed by atoms with Crippen molar-refractivity contribution < 1.29 is 14.7 Å². The first-order valence-electron chi connectivity index (χ1n) is 5.16. The maximum atomic E-state index is 11.4.